The van der Waals surface area contributed by atoms with E-state index in [0.29, 0.717) is 18.1 Å². The van der Waals surface area contributed by atoms with Crippen LogP contribution in [0, 0.1) is 0 Å². The highest BCUT2D eigenvalue weighted by Gasteiger charge is 2.23. The Morgan fingerprint density at radius 3 is 2.92 bits per heavy atom. The largest absolute Gasteiger partial charge is 0.496 e. The Balaban J connectivity index is 1.60. The number of likely N-dealkylation sites (N-methyl/N-ethyl adjacent to an activating group) is 1. The van der Waals surface area contributed by atoms with E-state index in [1.807, 2.05) is 31.3 Å². The first-order valence-corrected chi connectivity index (χ1v) is 9.45. The van der Waals surface area contributed by atoms with Gasteiger partial charge in [-0.15, -0.1) is 0 Å². The van der Waals surface area contributed by atoms with E-state index in [-0.39, 0.29) is 11.9 Å². The van der Waals surface area contributed by atoms with Crippen LogP contribution in [-0.2, 0) is 17.8 Å². The van der Waals surface area contributed by atoms with Crippen LogP contribution in [0.15, 0.2) is 42.5 Å². The average Bonchev–Trinajstić information content (AvgIpc) is 2.62. The van der Waals surface area contributed by atoms with Crippen LogP contribution in [0.5, 0.6) is 5.75 Å². The maximum absolute atomic E-state index is 12.6. The average molecular weight is 374 g/mol. The predicted molar refractivity (Wildman–Crippen MR) is 104 cm³/mol. The first-order chi connectivity index (χ1) is 12.6. The number of amides is 1. The number of ether oxygens (including phenoxy) is 1. The summed E-state index contributed by atoms with van der Waals surface area (Å²) in [4.78, 5) is 13.6. The third-order valence-corrected chi connectivity index (χ3v) is 5.14. The highest BCUT2D eigenvalue weighted by atomic mass is 35.5. The molecular formula is C21H26ClN2O2+. The zero-order valence-corrected chi connectivity index (χ0v) is 16.1. The van der Waals surface area contributed by atoms with Crippen LogP contribution >= 0.6 is 11.6 Å². The molecule has 0 aromatic heterocycles. The summed E-state index contributed by atoms with van der Waals surface area (Å²) >= 11 is 6.10. The summed E-state index contributed by atoms with van der Waals surface area (Å²) in [5.41, 5.74) is 3.63. The zero-order valence-electron chi connectivity index (χ0n) is 15.3. The number of benzene rings is 2. The lowest BCUT2D eigenvalue weighted by Crippen LogP contribution is -3.08. The second-order valence-electron chi connectivity index (χ2n) is 6.98. The van der Waals surface area contributed by atoms with Crippen LogP contribution in [0.4, 0.5) is 0 Å². The van der Waals surface area contributed by atoms with Crippen molar-refractivity contribution in [2.24, 2.45) is 0 Å². The minimum atomic E-state index is 0.0743. The van der Waals surface area contributed by atoms with Gasteiger partial charge in [-0.2, -0.15) is 0 Å². The van der Waals surface area contributed by atoms with Crippen molar-refractivity contribution in [2.45, 2.75) is 31.8 Å². The number of quaternary nitrogens is 1. The number of hydrogen-bond acceptors (Lipinski definition) is 2. The number of carbonyl (C=O) groups is 1. The molecule has 0 bridgehead atoms. The molecule has 1 amide bonds. The van der Waals surface area contributed by atoms with Gasteiger partial charge in [0.05, 0.1) is 20.2 Å². The molecule has 4 nitrogen and oxygen atoms in total. The molecule has 138 valence electrons. The summed E-state index contributed by atoms with van der Waals surface area (Å²) in [6.07, 6.45) is 3.22. The fraction of sp³-hybridized carbons (Fsp3) is 0.381. The Hall–Kier alpha value is -2.04. The summed E-state index contributed by atoms with van der Waals surface area (Å²) in [6.45, 7) is 1.09. The van der Waals surface area contributed by atoms with E-state index in [4.69, 9.17) is 16.3 Å². The Morgan fingerprint density at radius 1 is 1.31 bits per heavy atom. The van der Waals surface area contributed by atoms with Gasteiger partial charge in [-0.1, -0.05) is 35.9 Å². The van der Waals surface area contributed by atoms with Crippen molar-refractivity contribution < 1.29 is 14.4 Å². The number of nitrogens with one attached hydrogen (secondary N) is 2. The van der Waals surface area contributed by atoms with Gasteiger partial charge in [0.2, 0.25) is 0 Å². The lowest BCUT2D eigenvalue weighted by molar-refractivity contribution is -0.885. The molecule has 2 aromatic carbocycles. The summed E-state index contributed by atoms with van der Waals surface area (Å²) in [5, 5.41) is 3.89. The van der Waals surface area contributed by atoms with Crippen LogP contribution in [0.2, 0.25) is 5.02 Å². The molecule has 1 unspecified atom stereocenters. The van der Waals surface area contributed by atoms with E-state index in [1.54, 1.807) is 7.11 Å². The first-order valence-electron chi connectivity index (χ1n) is 9.07. The second kappa shape index (κ2) is 8.56. The van der Waals surface area contributed by atoms with Gasteiger partial charge in [-0.25, -0.2) is 0 Å². The zero-order chi connectivity index (χ0) is 18.5. The van der Waals surface area contributed by atoms with Crippen molar-refractivity contribution in [1.29, 1.82) is 0 Å². The van der Waals surface area contributed by atoms with E-state index in [0.717, 1.165) is 35.5 Å². The molecule has 1 aliphatic carbocycles. The molecule has 0 aliphatic heterocycles. The number of fused-ring (bicyclic) bond motifs is 1. The Kier molecular flexibility index (Phi) is 6.17. The molecular weight excluding hydrogens is 348 g/mol. The van der Waals surface area contributed by atoms with E-state index < -0.39 is 0 Å². The number of aryl methyl sites for hydroxylation is 1. The third-order valence-electron chi connectivity index (χ3n) is 4.90. The van der Waals surface area contributed by atoms with Crippen molar-refractivity contribution in [1.82, 2.24) is 5.32 Å². The SMILES string of the molecule is COc1ccc(Cl)cc1C[NH+](C)CC(=O)N[C@@H]1CCCc2ccccc21. The Morgan fingerprint density at radius 2 is 2.12 bits per heavy atom. The molecule has 0 fully saturated rings. The van der Waals surface area contributed by atoms with Crippen LogP contribution in [0.1, 0.15) is 35.6 Å². The number of hydrogen-bond donors (Lipinski definition) is 2. The van der Waals surface area contributed by atoms with Gasteiger partial charge in [-0.3, -0.25) is 4.79 Å². The molecule has 0 saturated carbocycles. The van der Waals surface area contributed by atoms with Gasteiger partial charge in [0.1, 0.15) is 12.3 Å². The molecule has 0 heterocycles. The van der Waals surface area contributed by atoms with Crippen LogP contribution < -0.4 is 15.0 Å². The topological polar surface area (TPSA) is 42.8 Å². The normalized spacial score (nSPS) is 17.3. The van der Waals surface area contributed by atoms with Gasteiger partial charge in [-0.05, 0) is 48.6 Å². The fourth-order valence-electron chi connectivity index (χ4n) is 3.70. The monoisotopic (exact) mass is 373 g/mol. The quantitative estimate of drug-likeness (QED) is 0.817. The molecule has 26 heavy (non-hydrogen) atoms. The second-order valence-corrected chi connectivity index (χ2v) is 7.41. The summed E-state index contributed by atoms with van der Waals surface area (Å²) < 4.78 is 5.39. The molecule has 2 aromatic rings. The van der Waals surface area contributed by atoms with E-state index >= 15 is 0 Å². The molecule has 2 N–H and O–H groups in total. The van der Waals surface area contributed by atoms with Crippen molar-refractivity contribution in [3.05, 3.63) is 64.2 Å². The van der Waals surface area contributed by atoms with Gasteiger partial charge in [0.15, 0.2) is 6.54 Å². The molecule has 3 rings (SSSR count). The van der Waals surface area contributed by atoms with E-state index in [1.165, 1.54) is 11.1 Å². The van der Waals surface area contributed by atoms with Crippen molar-refractivity contribution in [3.63, 3.8) is 0 Å². The Bertz CT molecular complexity index is 778. The van der Waals surface area contributed by atoms with Gasteiger partial charge in [0, 0.05) is 10.6 Å². The maximum Gasteiger partial charge on any atom is 0.275 e. The molecule has 0 spiro atoms. The third kappa shape index (κ3) is 4.57. The van der Waals surface area contributed by atoms with Gasteiger partial charge in [0.25, 0.3) is 5.91 Å². The molecule has 5 heteroatoms. The number of carbonyl (C=O) groups excluding carboxylic acids is 1. The summed E-state index contributed by atoms with van der Waals surface area (Å²) in [7, 11) is 3.66. The lowest BCUT2D eigenvalue weighted by atomic mass is 9.88. The predicted octanol–water partition coefficient (Wildman–Crippen LogP) is 2.56. The van der Waals surface area contributed by atoms with Crippen molar-refractivity contribution in [3.8, 4) is 5.75 Å². The summed E-state index contributed by atoms with van der Waals surface area (Å²) in [6, 6.07) is 14.1. The molecule has 2 atom stereocenters. The maximum atomic E-state index is 12.6. The van der Waals surface area contributed by atoms with E-state index in [2.05, 4.69) is 23.5 Å². The first kappa shape index (κ1) is 18.7. The summed E-state index contributed by atoms with van der Waals surface area (Å²) in [5.74, 6) is 0.876. The van der Waals surface area contributed by atoms with Crippen molar-refractivity contribution in [2.75, 3.05) is 20.7 Å². The fourth-order valence-corrected chi connectivity index (χ4v) is 3.89. The smallest absolute Gasteiger partial charge is 0.275 e. The molecule has 0 radical (unpaired) electrons. The number of rotatable bonds is 6. The highest BCUT2D eigenvalue weighted by molar-refractivity contribution is 6.30. The molecule has 1 aliphatic rings. The lowest BCUT2D eigenvalue weighted by Gasteiger charge is -2.26. The van der Waals surface area contributed by atoms with Crippen LogP contribution in [0.3, 0.4) is 0 Å². The van der Waals surface area contributed by atoms with Crippen molar-refractivity contribution >= 4 is 17.5 Å². The Labute approximate surface area is 160 Å². The number of halogens is 1. The van der Waals surface area contributed by atoms with Crippen LogP contribution in [-0.4, -0.2) is 26.6 Å². The van der Waals surface area contributed by atoms with E-state index in [9.17, 15) is 4.79 Å². The van der Waals surface area contributed by atoms with Gasteiger partial charge < -0.3 is 15.0 Å². The minimum Gasteiger partial charge on any atom is -0.496 e. The highest BCUT2D eigenvalue weighted by Crippen LogP contribution is 2.29. The van der Waals surface area contributed by atoms with Crippen LogP contribution in [0.25, 0.3) is 0 Å². The molecule has 0 saturated heterocycles. The van der Waals surface area contributed by atoms with Gasteiger partial charge >= 0.3 is 0 Å². The standard InChI is InChI=1S/C21H25ClN2O2/c1-24(13-16-12-17(22)10-11-20(16)26-2)14-21(25)23-19-9-5-7-15-6-3-4-8-18(15)19/h3-4,6,8,10-12,19H,5,7,9,13-14H2,1-2H3,(H,23,25)/p+1/t19-/m1/s1. The number of methoxy groups -OCH3 is 1. The minimum absolute atomic E-state index is 0.0743.